The lowest BCUT2D eigenvalue weighted by Gasteiger charge is -2.70. The number of carbonyl (C=O) groups excluding carboxylic acids is 2. The summed E-state index contributed by atoms with van der Waals surface area (Å²) < 4.78 is 29.1. The van der Waals surface area contributed by atoms with E-state index in [2.05, 4.69) is 6.58 Å². The Balaban J connectivity index is 1.96. The Morgan fingerprint density at radius 2 is 1.77 bits per heavy atom. The van der Waals surface area contributed by atoms with Crippen molar-refractivity contribution in [3.63, 3.8) is 0 Å². The van der Waals surface area contributed by atoms with Crippen LogP contribution in [0.2, 0.25) is 0 Å². The largest absolute Gasteiger partial charge is 0.462 e. The molecule has 9 nitrogen and oxygen atoms in total. The van der Waals surface area contributed by atoms with E-state index in [-0.39, 0.29) is 6.42 Å². The maximum atomic E-state index is 12.7. The zero-order chi connectivity index (χ0) is 26.1. The van der Waals surface area contributed by atoms with Crippen LogP contribution in [-0.2, 0) is 33.3 Å². The summed E-state index contributed by atoms with van der Waals surface area (Å²) in [6.07, 6.45) is -0.918. The summed E-state index contributed by atoms with van der Waals surface area (Å²) in [5.74, 6) is -3.43. The molecule has 0 saturated heterocycles. The van der Waals surface area contributed by atoms with E-state index in [9.17, 15) is 19.8 Å². The minimum absolute atomic E-state index is 0.245. The summed E-state index contributed by atoms with van der Waals surface area (Å²) in [4.78, 5) is 24.4. The van der Waals surface area contributed by atoms with Gasteiger partial charge >= 0.3 is 11.9 Å². The van der Waals surface area contributed by atoms with Gasteiger partial charge in [-0.3, -0.25) is 9.59 Å². The molecule has 4 aliphatic rings. The van der Waals surface area contributed by atoms with Crippen LogP contribution >= 0.6 is 0 Å². The number of rotatable bonds is 4. The zero-order valence-corrected chi connectivity index (χ0v) is 21.6. The van der Waals surface area contributed by atoms with Gasteiger partial charge in [0.25, 0.3) is 0 Å². The molecule has 1 aliphatic heterocycles. The molecule has 3 aliphatic carbocycles. The van der Waals surface area contributed by atoms with Crippen molar-refractivity contribution >= 4 is 11.9 Å². The number of ether oxygens (including phenoxy) is 5. The van der Waals surface area contributed by atoms with Crippen molar-refractivity contribution in [1.82, 2.24) is 0 Å². The van der Waals surface area contributed by atoms with Crippen molar-refractivity contribution in [2.75, 3.05) is 14.2 Å². The first-order valence-electron chi connectivity index (χ1n) is 12.1. The Morgan fingerprint density at radius 1 is 1.14 bits per heavy atom. The third-order valence-corrected chi connectivity index (χ3v) is 9.27. The van der Waals surface area contributed by atoms with E-state index in [1.54, 1.807) is 6.08 Å². The molecule has 0 aromatic carbocycles. The van der Waals surface area contributed by atoms with E-state index in [4.69, 9.17) is 23.7 Å². The SMILES string of the molecule is C=C1C2=C[C@@H](OC)O[C@]2(OC)C[C@H]2[C@H]1[C@@H](O)[C@H](OC(C)=O)[C@@]1(O)C(C)(C)CC[C@H](OC(C)=O)[C@]21C. The third-order valence-electron chi connectivity index (χ3n) is 9.27. The quantitative estimate of drug-likeness (QED) is 0.567. The smallest absolute Gasteiger partial charge is 0.303 e. The summed E-state index contributed by atoms with van der Waals surface area (Å²) in [7, 11) is 3.05. The van der Waals surface area contributed by atoms with E-state index in [1.165, 1.54) is 28.1 Å². The van der Waals surface area contributed by atoms with Crippen LogP contribution in [0, 0.1) is 22.7 Å². The second-order valence-corrected chi connectivity index (χ2v) is 11.2. The Hall–Kier alpha value is -1.78. The molecule has 0 radical (unpaired) electrons. The lowest BCUT2D eigenvalue weighted by molar-refractivity contribution is -0.348. The number of hydrogen-bond donors (Lipinski definition) is 2. The molecule has 0 bridgehead atoms. The minimum atomic E-state index is -1.75. The molecule has 0 aromatic rings. The first-order chi connectivity index (χ1) is 16.2. The topological polar surface area (TPSA) is 121 Å². The van der Waals surface area contributed by atoms with Gasteiger partial charge in [-0.05, 0) is 35.8 Å². The van der Waals surface area contributed by atoms with Crippen LogP contribution in [0.5, 0.6) is 0 Å². The van der Waals surface area contributed by atoms with Gasteiger partial charge in [0, 0.05) is 51.4 Å². The normalized spacial score (nSPS) is 46.1. The average molecular weight is 495 g/mol. The molecule has 0 spiro atoms. The van der Waals surface area contributed by atoms with E-state index in [0.717, 1.165) is 0 Å². The number of fused-ring (bicyclic) bond motifs is 4. The number of methoxy groups -OCH3 is 2. The van der Waals surface area contributed by atoms with Crippen LogP contribution in [-0.4, -0.2) is 72.4 Å². The highest BCUT2D eigenvalue weighted by Crippen LogP contribution is 2.69. The molecule has 196 valence electrons. The van der Waals surface area contributed by atoms with E-state index in [1.807, 2.05) is 20.8 Å². The molecule has 35 heavy (non-hydrogen) atoms. The van der Waals surface area contributed by atoms with E-state index < -0.39 is 70.6 Å². The Kier molecular flexibility index (Phi) is 6.29. The number of carbonyl (C=O) groups is 2. The van der Waals surface area contributed by atoms with Crippen molar-refractivity contribution in [3.05, 3.63) is 23.8 Å². The average Bonchev–Trinajstić information content (AvgIpc) is 3.16. The number of aliphatic hydroxyl groups excluding tert-OH is 1. The first-order valence-corrected chi connectivity index (χ1v) is 12.1. The number of hydrogen-bond acceptors (Lipinski definition) is 9. The standard InChI is InChI=1S/C26H38O9/c1-13-16-11-19(31-7)35-25(16,32-8)12-17-20(13)21(29)22(34-15(3)28)26(30)23(4,5)10-9-18(24(17,26)6)33-14(2)27/h11,17-22,29-30H,1,9-10,12H2,2-8H3/t17-,18-,19-,20-,21+,22-,24-,25+,26+/m0/s1. The predicted octanol–water partition coefficient (Wildman–Crippen LogP) is 2.25. The Morgan fingerprint density at radius 3 is 2.31 bits per heavy atom. The third kappa shape index (κ3) is 3.39. The van der Waals surface area contributed by atoms with Crippen LogP contribution in [0.25, 0.3) is 0 Å². The monoisotopic (exact) mass is 494 g/mol. The van der Waals surface area contributed by atoms with E-state index in [0.29, 0.717) is 24.0 Å². The van der Waals surface area contributed by atoms with Crippen molar-refractivity contribution in [2.45, 2.75) is 89.9 Å². The van der Waals surface area contributed by atoms with Crippen LogP contribution < -0.4 is 0 Å². The van der Waals surface area contributed by atoms with Gasteiger partial charge in [-0.1, -0.05) is 27.4 Å². The highest BCUT2D eigenvalue weighted by atomic mass is 16.8. The molecular formula is C26H38O9. The summed E-state index contributed by atoms with van der Waals surface area (Å²) in [6, 6.07) is 0. The maximum absolute atomic E-state index is 12.7. The van der Waals surface area contributed by atoms with Crippen molar-refractivity contribution < 1.29 is 43.5 Å². The van der Waals surface area contributed by atoms with Gasteiger partial charge in [0.05, 0.1) is 0 Å². The minimum Gasteiger partial charge on any atom is -0.462 e. The molecule has 4 rings (SSSR count). The molecule has 0 unspecified atom stereocenters. The molecule has 3 saturated carbocycles. The fourth-order valence-electron chi connectivity index (χ4n) is 7.60. The lowest BCUT2D eigenvalue weighted by Crippen LogP contribution is -2.80. The van der Waals surface area contributed by atoms with Gasteiger partial charge in [0.15, 0.2) is 18.2 Å². The highest BCUT2D eigenvalue weighted by molar-refractivity contribution is 5.67. The zero-order valence-electron chi connectivity index (χ0n) is 21.6. The van der Waals surface area contributed by atoms with Crippen molar-refractivity contribution in [1.29, 1.82) is 0 Å². The molecule has 0 aromatic heterocycles. The van der Waals surface area contributed by atoms with Gasteiger partial charge in [0.2, 0.25) is 0 Å². The maximum Gasteiger partial charge on any atom is 0.303 e. The molecule has 3 fully saturated rings. The molecule has 9 atom stereocenters. The van der Waals surface area contributed by atoms with Gasteiger partial charge in [-0.15, -0.1) is 0 Å². The fourth-order valence-corrected chi connectivity index (χ4v) is 7.60. The summed E-state index contributed by atoms with van der Waals surface area (Å²) in [5, 5.41) is 24.4. The van der Waals surface area contributed by atoms with Crippen LogP contribution in [0.3, 0.4) is 0 Å². The summed E-state index contributed by atoms with van der Waals surface area (Å²) >= 11 is 0. The van der Waals surface area contributed by atoms with Crippen molar-refractivity contribution in [3.8, 4) is 0 Å². The highest BCUT2D eigenvalue weighted by Gasteiger charge is 2.77. The second-order valence-electron chi connectivity index (χ2n) is 11.2. The Labute approximate surface area is 206 Å². The van der Waals surface area contributed by atoms with Gasteiger partial charge in [-0.2, -0.15) is 0 Å². The van der Waals surface area contributed by atoms with Gasteiger partial charge in [0.1, 0.15) is 17.8 Å². The Bertz CT molecular complexity index is 956. The summed E-state index contributed by atoms with van der Waals surface area (Å²) in [5.41, 5.74) is -2.49. The van der Waals surface area contributed by atoms with Crippen LogP contribution in [0.1, 0.15) is 53.9 Å². The van der Waals surface area contributed by atoms with Gasteiger partial charge in [-0.25, -0.2) is 0 Å². The predicted molar refractivity (Wildman–Crippen MR) is 124 cm³/mol. The molecular weight excluding hydrogens is 456 g/mol. The molecule has 9 heteroatoms. The fraction of sp³-hybridized carbons (Fsp3) is 0.769. The van der Waals surface area contributed by atoms with Crippen LogP contribution in [0.4, 0.5) is 0 Å². The van der Waals surface area contributed by atoms with E-state index >= 15 is 0 Å². The lowest BCUT2D eigenvalue weighted by atomic mass is 9.39. The first kappa shape index (κ1) is 26.3. The molecule has 2 N–H and O–H groups in total. The number of esters is 2. The molecule has 1 heterocycles. The van der Waals surface area contributed by atoms with Crippen LogP contribution in [0.15, 0.2) is 23.8 Å². The second kappa shape index (κ2) is 8.38. The van der Waals surface area contributed by atoms with Gasteiger partial charge < -0.3 is 33.9 Å². The van der Waals surface area contributed by atoms with Crippen molar-refractivity contribution in [2.24, 2.45) is 22.7 Å². The number of aliphatic hydroxyl groups is 2. The molecule has 0 amide bonds. The summed E-state index contributed by atoms with van der Waals surface area (Å²) in [6.45, 7) is 12.5.